The first kappa shape index (κ1) is 15.2. The fourth-order valence-corrected chi connectivity index (χ4v) is 3.32. The standard InChI is InChI=1S/C15H18O7/c16-10-6-14(20,13(18)19)7-11(17)15(10,21)12-5-8-3-1-2-4-9(8)22-12/h1-4,10-12,16-17,20-21H,5-7H2,(H,18,19)/t10-,11-,12?,14?,15?/m1/s1. The number of fused-ring (bicyclic) bond motifs is 1. The molecule has 22 heavy (non-hydrogen) atoms. The van der Waals surface area contributed by atoms with E-state index < -0.39 is 48.3 Å². The summed E-state index contributed by atoms with van der Waals surface area (Å²) in [6.45, 7) is 0. The summed E-state index contributed by atoms with van der Waals surface area (Å²) in [5.41, 5.74) is -3.48. The molecule has 3 atom stereocenters. The van der Waals surface area contributed by atoms with E-state index in [-0.39, 0.29) is 6.42 Å². The molecule has 0 aromatic heterocycles. The van der Waals surface area contributed by atoms with Crippen LogP contribution < -0.4 is 4.74 Å². The molecule has 1 aliphatic carbocycles. The van der Waals surface area contributed by atoms with Gasteiger partial charge >= 0.3 is 5.97 Å². The summed E-state index contributed by atoms with van der Waals surface area (Å²) < 4.78 is 5.62. The molecule has 120 valence electrons. The first-order chi connectivity index (χ1) is 10.3. The number of carboxylic acid groups (broad SMARTS) is 1. The van der Waals surface area contributed by atoms with Crippen molar-refractivity contribution in [1.29, 1.82) is 0 Å². The van der Waals surface area contributed by atoms with Crippen molar-refractivity contribution in [1.82, 2.24) is 0 Å². The van der Waals surface area contributed by atoms with Crippen molar-refractivity contribution in [3.8, 4) is 5.75 Å². The van der Waals surface area contributed by atoms with Crippen molar-refractivity contribution in [2.75, 3.05) is 0 Å². The van der Waals surface area contributed by atoms with Gasteiger partial charge in [-0.2, -0.15) is 0 Å². The van der Waals surface area contributed by atoms with E-state index in [2.05, 4.69) is 0 Å². The molecule has 1 heterocycles. The smallest absolute Gasteiger partial charge is 0.335 e. The topological polar surface area (TPSA) is 127 Å². The van der Waals surface area contributed by atoms with Crippen LogP contribution in [0.2, 0.25) is 0 Å². The van der Waals surface area contributed by atoms with Crippen LogP contribution in [0.3, 0.4) is 0 Å². The number of carboxylic acids is 1. The molecule has 2 aliphatic rings. The highest BCUT2D eigenvalue weighted by Gasteiger charge is 2.61. The van der Waals surface area contributed by atoms with E-state index in [1.165, 1.54) is 0 Å². The Bertz CT molecular complexity index is 562. The molecule has 1 fully saturated rings. The maximum Gasteiger partial charge on any atom is 0.335 e. The fraction of sp³-hybridized carbons (Fsp3) is 0.533. The highest BCUT2D eigenvalue weighted by molar-refractivity contribution is 5.77. The van der Waals surface area contributed by atoms with Gasteiger partial charge in [0.05, 0.1) is 12.2 Å². The quantitative estimate of drug-likeness (QED) is 0.476. The Morgan fingerprint density at radius 3 is 2.27 bits per heavy atom. The average Bonchev–Trinajstić information content (AvgIpc) is 2.88. The number of aliphatic hydroxyl groups excluding tert-OH is 2. The highest BCUT2D eigenvalue weighted by atomic mass is 16.5. The second-order valence-electron chi connectivity index (χ2n) is 6.08. The minimum atomic E-state index is -2.27. The maximum absolute atomic E-state index is 11.1. The summed E-state index contributed by atoms with van der Waals surface area (Å²) in [6, 6.07) is 7.11. The molecule has 0 saturated heterocycles. The van der Waals surface area contributed by atoms with Crippen LogP contribution in [0.25, 0.3) is 0 Å². The highest BCUT2D eigenvalue weighted by Crippen LogP contribution is 2.42. The Balaban J connectivity index is 1.87. The van der Waals surface area contributed by atoms with E-state index in [4.69, 9.17) is 9.84 Å². The number of aliphatic hydroxyl groups is 4. The molecule has 7 heteroatoms. The second-order valence-corrected chi connectivity index (χ2v) is 6.08. The monoisotopic (exact) mass is 310 g/mol. The van der Waals surface area contributed by atoms with Crippen molar-refractivity contribution in [3.05, 3.63) is 29.8 Å². The van der Waals surface area contributed by atoms with Gasteiger partial charge in [-0.15, -0.1) is 0 Å². The number of carbonyl (C=O) groups is 1. The minimum Gasteiger partial charge on any atom is -0.487 e. The van der Waals surface area contributed by atoms with Gasteiger partial charge in [0.1, 0.15) is 11.9 Å². The number of hydrogen-bond acceptors (Lipinski definition) is 6. The number of para-hydroxylation sites is 1. The third kappa shape index (κ3) is 2.09. The van der Waals surface area contributed by atoms with E-state index >= 15 is 0 Å². The summed E-state index contributed by atoms with van der Waals surface area (Å²) in [7, 11) is 0. The van der Waals surface area contributed by atoms with Crippen molar-refractivity contribution >= 4 is 5.97 Å². The summed E-state index contributed by atoms with van der Waals surface area (Å²) in [4.78, 5) is 11.1. The molecule has 0 spiro atoms. The van der Waals surface area contributed by atoms with Crippen LogP contribution in [0.4, 0.5) is 0 Å². The van der Waals surface area contributed by atoms with Gasteiger partial charge in [0.15, 0.2) is 11.2 Å². The van der Waals surface area contributed by atoms with Gasteiger partial charge in [0.2, 0.25) is 0 Å². The lowest BCUT2D eigenvalue weighted by atomic mass is 9.69. The number of ether oxygens (including phenoxy) is 1. The molecule has 7 nitrogen and oxygen atoms in total. The van der Waals surface area contributed by atoms with Gasteiger partial charge < -0.3 is 30.3 Å². The molecule has 5 N–H and O–H groups in total. The van der Waals surface area contributed by atoms with E-state index in [0.717, 1.165) is 5.56 Å². The first-order valence-corrected chi connectivity index (χ1v) is 7.06. The number of rotatable bonds is 2. The zero-order chi connectivity index (χ0) is 16.1. The Kier molecular flexibility index (Phi) is 3.41. The van der Waals surface area contributed by atoms with Crippen LogP contribution >= 0.6 is 0 Å². The van der Waals surface area contributed by atoms with Crippen LogP contribution in [-0.2, 0) is 11.2 Å². The second kappa shape index (κ2) is 4.92. The number of hydrogen-bond donors (Lipinski definition) is 5. The van der Waals surface area contributed by atoms with E-state index in [1.54, 1.807) is 12.1 Å². The number of benzene rings is 1. The van der Waals surface area contributed by atoms with Crippen molar-refractivity contribution in [2.45, 2.75) is 48.8 Å². The van der Waals surface area contributed by atoms with Crippen molar-refractivity contribution < 1.29 is 35.1 Å². The molecule has 0 radical (unpaired) electrons. The van der Waals surface area contributed by atoms with Crippen LogP contribution in [0.5, 0.6) is 5.75 Å². The predicted octanol–water partition coefficient (Wildman–Crippen LogP) is -0.948. The zero-order valence-electron chi connectivity index (χ0n) is 11.7. The predicted molar refractivity (Wildman–Crippen MR) is 73.3 cm³/mol. The molecule has 1 unspecified atom stereocenters. The maximum atomic E-state index is 11.1. The Morgan fingerprint density at radius 2 is 1.73 bits per heavy atom. The van der Waals surface area contributed by atoms with Crippen LogP contribution in [0.1, 0.15) is 18.4 Å². The van der Waals surface area contributed by atoms with Crippen molar-refractivity contribution in [3.63, 3.8) is 0 Å². The summed E-state index contributed by atoms with van der Waals surface area (Å²) in [5, 5.41) is 50.2. The van der Waals surface area contributed by atoms with Gasteiger partial charge in [-0.3, -0.25) is 0 Å². The van der Waals surface area contributed by atoms with Gasteiger partial charge in [-0.1, -0.05) is 18.2 Å². The van der Waals surface area contributed by atoms with Crippen LogP contribution in [-0.4, -0.2) is 61.0 Å². The summed E-state index contributed by atoms with van der Waals surface area (Å²) >= 11 is 0. The Hall–Kier alpha value is -1.67. The van der Waals surface area contributed by atoms with Gasteiger partial charge in [0, 0.05) is 19.3 Å². The Morgan fingerprint density at radius 1 is 1.14 bits per heavy atom. The lowest BCUT2D eigenvalue weighted by Crippen LogP contribution is -2.69. The lowest BCUT2D eigenvalue weighted by Gasteiger charge is -2.48. The average molecular weight is 310 g/mol. The summed E-state index contributed by atoms with van der Waals surface area (Å²) in [6.07, 6.45) is -5.04. The molecule has 0 amide bonds. The molecular weight excluding hydrogens is 292 g/mol. The van der Waals surface area contributed by atoms with Gasteiger partial charge in [-0.25, -0.2) is 4.79 Å². The normalized spacial score (nSPS) is 40.8. The molecule has 3 rings (SSSR count). The third-order valence-corrected chi connectivity index (χ3v) is 4.69. The van der Waals surface area contributed by atoms with Gasteiger partial charge in [0.25, 0.3) is 0 Å². The van der Waals surface area contributed by atoms with E-state index in [0.29, 0.717) is 5.75 Å². The zero-order valence-corrected chi connectivity index (χ0v) is 11.7. The molecule has 0 bridgehead atoms. The number of aliphatic carboxylic acids is 1. The first-order valence-electron chi connectivity index (χ1n) is 7.06. The Labute approximate surface area is 126 Å². The van der Waals surface area contributed by atoms with Crippen LogP contribution in [0.15, 0.2) is 24.3 Å². The molecule has 1 aromatic rings. The van der Waals surface area contributed by atoms with E-state index in [9.17, 15) is 25.2 Å². The molecule has 1 aliphatic heterocycles. The molecule has 1 aromatic carbocycles. The van der Waals surface area contributed by atoms with E-state index in [1.807, 2.05) is 12.1 Å². The minimum absolute atomic E-state index is 0.284. The molecular formula is C15H18O7. The SMILES string of the molecule is O=C(O)C1(O)C[C@@H](O)C(O)(C2Cc3ccccc3O2)[C@H](O)C1. The van der Waals surface area contributed by atoms with Crippen LogP contribution in [0, 0.1) is 0 Å². The van der Waals surface area contributed by atoms with Crippen molar-refractivity contribution in [2.24, 2.45) is 0 Å². The lowest BCUT2D eigenvalue weighted by molar-refractivity contribution is -0.242. The van der Waals surface area contributed by atoms with Gasteiger partial charge in [-0.05, 0) is 11.6 Å². The molecule has 1 saturated carbocycles. The third-order valence-electron chi connectivity index (χ3n) is 4.69. The summed E-state index contributed by atoms with van der Waals surface area (Å²) in [5.74, 6) is -0.984. The fourth-order valence-electron chi connectivity index (χ4n) is 3.32. The largest absolute Gasteiger partial charge is 0.487 e.